The molecule has 0 unspecified atom stereocenters. The highest BCUT2D eigenvalue weighted by molar-refractivity contribution is 7.89. The second kappa shape index (κ2) is 9.85. The number of nitrogens with zero attached hydrogens (tertiary/aromatic N) is 2. The van der Waals surface area contributed by atoms with E-state index in [4.69, 9.17) is 9.47 Å². The fraction of sp³-hybridized carbons (Fsp3) is 0.440. The van der Waals surface area contributed by atoms with Crippen molar-refractivity contribution in [2.24, 2.45) is 0 Å². The Morgan fingerprint density at radius 3 is 2.42 bits per heavy atom. The van der Waals surface area contributed by atoms with E-state index in [1.807, 2.05) is 0 Å². The van der Waals surface area contributed by atoms with Gasteiger partial charge in [0, 0.05) is 36.8 Å². The quantitative estimate of drug-likeness (QED) is 0.574. The van der Waals surface area contributed by atoms with Crippen molar-refractivity contribution < 1.29 is 17.9 Å². The standard InChI is InChI=1S/C25H31N3O4S/c29-33(30,28-14-16-31-17-15-28)23-7-5-22(6-8-23)32-18-13-27-11-9-20(10-12-27)25-19-21-3-1-2-4-24(21)26-25/h1-8,19-20,26H,9-18H2. The third-order valence-electron chi connectivity index (χ3n) is 6.69. The number of sulfonamides is 1. The van der Waals surface area contributed by atoms with Crippen molar-refractivity contribution in [3.8, 4) is 5.75 Å². The molecule has 33 heavy (non-hydrogen) atoms. The molecule has 0 amide bonds. The number of H-pyrrole nitrogens is 1. The number of benzene rings is 2. The number of likely N-dealkylation sites (tertiary alicyclic amines) is 1. The van der Waals surface area contributed by atoms with E-state index < -0.39 is 10.0 Å². The molecular formula is C25H31N3O4S. The van der Waals surface area contributed by atoms with Crippen LogP contribution in [0.5, 0.6) is 5.75 Å². The van der Waals surface area contributed by atoms with E-state index >= 15 is 0 Å². The Labute approximate surface area is 195 Å². The van der Waals surface area contributed by atoms with Gasteiger partial charge in [-0.2, -0.15) is 4.31 Å². The molecule has 176 valence electrons. The Balaban J connectivity index is 1.08. The number of piperidine rings is 1. The summed E-state index contributed by atoms with van der Waals surface area (Å²) in [5.41, 5.74) is 2.56. The van der Waals surface area contributed by atoms with Gasteiger partial charge in [0.2, 0.25) is 10.0 Å². The van der Waals surface area contributed by atoms with E-state index in [2.05, 4.69) is 40.2 Å². The van der Waals surface area contributed by atoms with Crippen LogP contribution in [0, 0.1) is 0 Å². The summed E-state index contributed by atoms with van der Waals surface area (Å²) in [7, 11) is -3.47. The van der Waals surface area contributed by atoms with Crippen molar-refractivity contribution >= 4 is 20.9 Å². The number of morpholine rings is 1. The van der Waals surface area contributed by atoms with Crippen molar-refractivity contribution in [1.29, 1.82) is 0 Å². The minimum atomic E-state index is -3.47. The van der Waals surface area contributed by atoms with E-state index in [-0.39, 0.29) is 0 Å². The second-order valence-corrected chi connectivity index (χ2v) is 10.7. The lowest BCUT2D eigenvalue weighted by Crippen LogP contribution is -2.40. The molecule has 0 aliphatic carbocycles. The molecule has 3 heterocycles. The largest absolute Gasteiger partial charge is 0.492 e. The molecule has 1 aromatic heterocycles. The van der Waals surface area contributed by atoms with Crippen LogP contribution in [-0.2, 0) is 14.8 Å². The molecule has 0 spiro atoms. The molecule has 0 saturated carbocycles. The maximum Gasteiger partial charge on any atom is 0.243 e. The number of aromatic amines is 1. The smallest absolute Gasteiger partial charge is 0.243 e. The first-order valence-electron chi connectivity index (χ1n) is 11.7. The third-order valence-corrected chi connectivity index (χ3v) is 8.60. The third kappa shape index (κ3) is 5.09. The summed E-state index contributed by atoms with van der Waals surface area (Å²) < 4.78 is 38.1. The Morgan fingerprint density at radius 2 is 1.70 bits per heavy atom. The molecule has 2 saturated heterocycles. The lowest BCUT2D eigenvalue weighted by atomic mass is 9.93. The summed E-state index contributed by atoms with van der Waals surface area (Å²) in [4.78, 5) is 6.33. The number of hydrogen-bond donors (Lipinski definition) is 1. The SMILES string of the molecule is O=S(=O)(c1ccc(OCCN2CCC(c3cc4ccccc4[nH]3)CC2)cc1)N1CCOCC1. The van der Waals surface area contributed by atoms with Gasteiger partial charge >= 0.3 is 0 Å². The molecule has 2 fully saturated rings. The molecule has 7 nitrogen and oxygen atoms in total. The van der Waals surface area contributed by atoms with Crippen LogP contribution >= 0.6 is 0 Å². The Morgan fingerprint density at radius 1 is 0.970 bits per heavy atom. The minimum Gasteiger partial charge on any atom is -0.492 e. The zero-order chi connectivity index (χ0) is 22.7. The predicted molar refractivity (Wildman–Crippen MR) is 128 cm³/mol. The van der Waals surface area contributed by atoms with Crippen LogP contribution < -0.4 is 4.74 Å². The average molecular weight is 470 g/mol. The average Bonchev–Trinajstić information content (AvgIpc) is 3.30. The molecule has 2 aliphatic heterocycles. The molecule has 0 radical (unpaired) electrons. The number of nitrogens with one attached hydrogen (secondary N) is 1. The van der Waals surface area contributed by atoms with Crippen LogP contribution in [0.3, 0.4) is 0 Å². The molecule has 0 atom stereocenters. The summed E-state index contributed by atoms with van der Waals surface area (Å²) in [5.74, 6) is 1.28. The van der Waals surface area contributed by atoms with Crippen molar-refractivity contribution in [2.45, 2.75) is 23.7 Å². The number of aromatic nitrogens is 1. The van der Waals surface area contributed by atoms with Crippen LogP contribution in [0.4, 0.5) is 0 Å². The zero-order valence-corrected chi connectivity index (χ0v) is 19.6. The van der Waals surface area contributed by atoms with Gasteiger partial charge in [0.25, 0.3) is 0 Å². The lowest BCUT2D eigenvalue weighted by Gasteiger charge is -2.31. The van der Waals surface area contributed by atoms with Gasteiger partial charge in [-0.3, -0.25) is 4.90 Å². The Kier molecular flexibility index (Phi) is 6.69. The molecule has 3 aromatic rings. The maximum atomic E-state index is 12.7. The first kappa shape index (κ1) is 22.4. The highest BCUT2D eigenvalue weighted by Gasteiger charge is 2.26. The summed E-state index contributed by atoms with van der Waals surface area (Å²) in [5, 5.41) is 1.28. The number of fused-ring (bicyclic) bond motifs is 1. The molecule has 2 aliphatic rings. The van der Waals surface area contributed by atoms with Crippen molar-refractivity contribution in [2.75, 3.05) is 52.5 Å². The monoisotopic (exact) mass is 469 g/mol. The topological polar surface area (TPSA) is 74.9 Å². The predicted octanol–water partition coefficient (Wildman–Crippen LogP) is 3.45. The van der Waals surface area contributed by atoms with Gasteiger partial charge in [0.15, 0.2) is 0 Å². The van der Waals surface area contributed by atoms with E-state index in [1.54, 1.807) is 24.3 Å². The summed E-state index contributed by atoms with van der Waals surface area (Å²) in [6.07, 6.45) is 2.28. The van der Waals surface area contributed by atoms with Crippen LogP contribution in [0.15, 0.2) is 59.5 Å². The highest BCUT2D eigenvalue weighted by Crippen LogP contribution is 2.30. The number of hydrogen-bond acceptors (Lipinski definition) is 5. The number of para-hydroxylation sites is 1. The normalized spacial score (nSPS) is 19.2. The first-order chi connectivity index (χ1) is 16.1. The summed E-state index contributed by atoms with van der Waals surface area (Å²) in [6, 6.07) is 17.5. The van der Waals surface area contributed by atoms with E-state index in [0.29, 0.717) is 49.5 Å². The molecule has 5 rings (SSSR count). The van der Waals surface area contributed by atoms with Gasteiger partial charge in [-0.1, -0.05) is 18.2 Å². The molecule has 2 aromatic carbocycles. The molecular weight excluding hydrogens is 438 g/mol. The van der Waals surface area contributed by atoms with Crippen LogP contribution in [0.1, 0.15) is 24.5 Å². The Bertz CT molecular complexity index is 1130. The highest BCUT2D eigenvalue weighted by atomic mass is 32.2. The van der Waals surface area contributed by atoms with Crippen molar-refractivity contribution in [1.82, 2.24) is 14.2 Å². The van der Waals surface area contributed by atoms with Crippen molar-refractivity contribution in [3.05, 3.63) is 60.3 Å². The van der Waals surface area contributed by atoms with Gasteiger partial charge in [0.05, 0.1) is 18.1 Å². The van der Waals surface area contributed by atoms with Gasteiger partial charge in [0.1, 0.15) is 12.4 Å². The first-order valence-corrected chi connectivity index (χ1v) is 13.1. The number of ether oxygens (including phenoxy) is 2. The summed E-state index contributed by atoms with van der Waals surface area (Å²) in [6.45, 7) is 5.26. The van der Waals surface area contributed by atoms with Crippen LogP contribution in [0.2, 0.25) is 0 Å². The van der Waals surface area contributed by atoms with E-state index in [0.717, 1.165) is 32.5 Å². The summed E-state index contributed by atoms with van der Waals surface area (Å²) >= 11 is 0. The second-order valence-electron chi connectivity index (χ2n) is 8.76. The van der Waals surface area contributed by atoms with Gasteiger partial charge in [-0.05, 0) is 67.7 Å². The minimum absolute atomic E-state index is 0.302. The van der Waals surface area contributed by atoms with E-state index in [1.165, 1.54) is 20.9 Å². The molecule has 0 bridgehead atoms. The zero-order valence-electron chi connectivity index (χ0n) is 18.8. The van der Waals surface area contributed by atoms with E-state index in [9.17, 15) is 8.42 Å². The van der Waals surface area contributed by atoms with Gasteiger partial charge in [-0.15, -0.1) is 0 Å². The lowest BCUT2D eigenvalue weighted by molar-refractivity contribution is 0.0730. The fourth-order valence-electron chi connectivity index (χ4n) is 4.72. The maximum absolute atomic E-state index is 12.7. The Hall–Kier alpha value is -2.39. The fourth-order valence-corrected chi connectivity index (χ4v) is 6.13. The van der Waals surface area contributed by atoms with Gasteiger partial charge < -0.3 is 14.5 Å². The molecule has 8 heteroatoms. The van der Waals surface area contributed by atoms with Gasteiger partial charge in [-0.25, -0.2) is 8.42 Å². The van der Waals surface area contributed by atoms with Crippen LogP contribution in [0.25, 0.3) is 10.9 Å². The van der Waals surface area contributed by atoms with Crippen LogP contribution in [-0.4, -0.2) is 75.2 Å². The molecule has 1 N–H and O–H groups in total. The number of rotatable bonds is 7. The van der Waals surface area contributed by atoms with Crippen molar-refractivity contribution in [3.63, 3.8) is 0 Å².